The highest BCUT2D eigenvalue weighted by molar-refractivity contribution is 5.81. The van der Waals surface area contributed by atoms with Gasteiger partial charge in [0, 0.05) is 43.6 Å². The second-order valence-electron chi connectivity index (χ2n) is 6.31. The molecule has 3 heterocycles. The molecule has 0 spiro atoms. The highest BCUT2D eigenvalue weighted by atomic mass is 15.1. The third-order valence-corrected chi connectivity index (χ3v) is 4.30. The second kappa shape index (κ2) is 7.85. The summed E-state index contributed by atoms with van der Waals surface area (Å²) in [6, 6.07) is 22.5. The Morgan fingerprint density at radius 1 is 0.577 bits per heavy atom. The molecule has 128 valence electrons. The Labute approximate surface area is 153 Å². The molecule has 0 fully saturated rings. The molecule has 4 aromatic rings. The van der Waals surface area contributed by atoms with E-state index in [-0.39, 0.29) is 0 Å². The number of aromatic nitrogens is 3. The van der Waals surface area contributed by atoms with E-state index >= 15 is 0 Å². The summed E-state index contributed by atoms with van der Waals surface area (Å²) < 4.78 is 0. The largest absolute Gasteiger partial charge is 0.286 e. The zero-order valence-corrected chi connectivity index (χ0v) is 14.5. The number of hydrogen-bond acceptors (Lipinski definition) is 4. The van der Waals surface area contributed by atoms with Gasteiger partial charge in [-0.3, -0.25) is 19.9 Å². The first-order chi connectivity index (χ1) is 12.9. The van der Waals surface area contributed by atoms with Gasteiger partial charge >= 0.3 is 0 Å². The van der Waals surface area contributed by atoms with Crippen molar-refractivity contribution in [1.29, 1.82) is 0 Å². The average molecular weight is 340 g/mol. The Bertz CT molecular complexity index is 929. The maximum Gasteiger partial charge on any atom is 0.0550 e. The fraction of sp³-hybridized carbons (Fsp3) is 0.136. The summed E-state index contributed by atoms with van der Waals surface area (Å²) in [7, 11) is 0. The van der Waals surface area contributed by atoms with Gasteiger partial charge in [-0.1, -0.05) is 36.4 Å². The lowest BCUT2D eigenvalue weighted by Crippen LogP contribution is -2.24. The number of hydrogen-bond donors (Lipinski definition) is 0. The maximum absolute atomic E-state index is 4.65. The maximum atomic E-state index is 4.65. The van der Waals surface area contributed by atoms with Crippen molar-refractivity contribution in [1.82, 2.24) is 19.9 Å². The Balaban J connectivity index is 1.58. The minimum Gasteiger partial charge on any atom is -0.286 e. The Hall–Kier alpha value is -3.11. The molecular formula is C22H20N4. The molecule has 0 aliphatic rings. The molecule has 1 aromatic carbocycles. The number of pyridine rings is 3. The predicted octanol–water partition coefficient (Wildman–Crippen LogP) is 4.23. The summed E-state index contributed by atoms with van der Waals surface area (Å²) in [5, 5.41) is 2.38. The molecule has 4 nitrogen and oxygen atoms in total. The van der Waals surface area contributed by atoms with Crippen LogP contribution < -0.4 is 0 Å². The van der Waals surface area contributed by atoms with E-state index in [0.717, 1.165) is 42.1 Å². The normalized spacial score (nSPS) is 11.1. The van der Waals surface area contributed by atoms with Gasteiger partial charge in [0.05, 0.1) is 17.1 Å². The van der Waals surface area contributed by atoms with Gasteiger partial charge in [-0.15, -0.1) is 0 Å². The fourth-order valence-corrected chi connectivity index (χ4v) is 3.05. The van der Waals surface area contributed by atoms with Crippen LogP contribution in [0.5, 0.6) is 0 Å². The van der Waals surface area contributed by atoms with Crippen molar-refractivity contribution in [2.24, 2.45) is 0 Å². The van der Waals surface area contributed by atoms with Crippen LogP contribution in [-0.4, -0.2) is 19.9 Å². The second-order valence-corrected chi connectivity index (χ2v) is 6.31. The summed E-state index contributed by atoms with van der Waals surface area (Å²) in [6.07, 6.45) is 5.62. The van der Waals surface area contributed by atoms with Crippen molar-refractivity contribution in [3.8, 4) is 0 Å². The molecule has 4 heteroatoms. The first-order valence-electron chi connectivity index (χ1n) is 8.73. The highest BCUT2D eigenvalue weighted by Gasteiger charge is 2.11. The van der Waals surface area contributed by atoms with Crippen molar-refractivity contribution in [2.75, 3.05) is 0 Å². The molecule has 26 heavy (non-hydrogen) atoms. The molecule has 0 N–H and O–H groups in total. The molecule has 0 atom stereocenters. The van der Waals surface area contributed by atoms with Crippen molar-refractivity contribution in [2.45, 2.75) is 19.6 Å². The topological polar surface area (TPSA) is 41.9 Å². The van der Waals surface area contributed by atoms with Gasteiger partial charge in [-0.05, 0) is 35.7 Å². The molecule has 0 bridgehead atoms. The minimum absolute atomic E-state index is 0.748. The number of rotatable bonds is 6. The zero-order chi connectivity index (χ0) is 17.6. The Morgan fingerprint density at radius 3 is 1.77 bits per heavy atom. The van der Waals surface area contributed by atoms with Crippen LogP contribution in [0.3, 0.4) is 0 Å². The molecule has 0 aliphatic heterocycles. The van der Waals surface area contributed by atoms with Crippen LogP contribution in [0.2, 0.25) is 0 Å². The van der Waals surface area contributed by atoms with Crippen molar-refractivity contribution in [3.63, 3.8) is 0 Å². The van der Waals surface area contributed by atoms with Crippen LogP contribution in [0.4, 0.5) is 0 Å². The molecule has 0 unspecified atom stereocenters. The smallest absolute Gasteiger partial charge is 0.0550 e. The Morgan fingerprint density at radius 2 is 1.15 bits per heavy atom. The zero-order valence-electron chi connectivity index (χ0n) is 14.5. The van der Waals surface area contributed by atoms with Crippen LogP contribution in [-0.2, 0) is 19.6 Å². The van der Waals surface area contributed by atoms with Gasteiger partial charge in [-0.2, -0.15) is 0 Å². The highest BCUT2D eigenvalue weighted by Crippen LogP contribution is 2.16. The first-order valence-corrected chi connectivity index (χ1v) is 8.73. The summed E-state index contributed by atoms with van der Waals surface area (Å²) >= 11 is 0. The van der Waals surface area contributed by atoms with E-state index in [2.05, 4.69) is 56.3 Å². The summed E-state index contributed by atoms with van der Waals surface area (Å²) in [6.45, 7) is 2.26. The van der Waals surface area contributed by atoms with Gasteiger partial charge in [0.2, 0.25) is 0 Å². The van der Waals surface area contributed by atoms with Crippen LogP contribution in [0.25, 0.3) is 10.8 Å². The van der Waals surface area contributed by atoms with Crippen LogP contribution in [0, 0.1) is 0 Å². The molecule has 4 rings (SSSR count). The molecule has 0 saturated carbocycles. The van der Waals surface area contributed by atoms with Crippen molar-refractivity contribution < 1.29 is 0 Å². The van der Waals surface area contributed by atoms with E-state index in [1.807, 2.05) is 48.9 Å². The third-order valence-electron chi connectivity index (χ3n) is 4.30. The van der Waals surface area contributed by atoms with Crippen LogP contribution in [0.1, 0.15) is 17.1 Å². The third kappa shape index (κ3) is 4.10. The van der Waals surface area contributed by atoms with E-state index in [9.17, 15) is 0 Å². The van der Waals surface area contributed by atoms with Gasteiger partial charge in [0.25, 0.3) is 0 Å². The van der Waals surface area contributed by atoms with E-state index < -0.39 is 0 Å². The molecule has 0 aliphatic carbocycles. The van der Waals surface area contributed by atoms with Gasteiger partial charge in [0.15, 0.2) is 0 Å². The lowest BCUT2D eigenvalue weighted by atomic mass is 10.1. The summed E-state index contributed by atoms with van der Waals surface area (Å²) in [5.41, 5.74) is 3.14. The van der Waals surface area contributed by atoms with Crippen LogP contribution in [0.15, 0.2) is 85.3 Å². The summed E-state index contributed by atoms with van der Waals surface area (Å²) in [4.78, 5) is 15.9. The van der Waals surface area contributed by atoms with E-state index in [4.69, 9.17) is 0 Å². The van der Waals surface area contributed by atoms with Gasteiger partial charge < -0.3 is 0 Å². The molecular weight excluding hydrogens is 320 g/mol. The number of fused-ring (bicyclic) bond motifs is 1. The minimum atomic E-state index is 0.748. The predicted molar refractivity (Wildman–Crippen MR) is 103 cm³/mol. The number of nitrogens with zero attached hydrogens (tertiary/aromatic N) is 4. The lowest BCUT2D eigenvalue weighted by Gasteiger charge is -2.21. The van der Waals surface area contributed by atoms with E-state index in [1.54, 1.807) is 0 Å². The van der Waals surface area contributed by atoms with Crippen LogP contribution >= 0.6 is 0 Å². The molecule has 0 radical (unpaired) electrons. The van der Waals surface area contributed by atoms with Crippen molar-refractivity contribution >= 4 is 10.8 Å². The lowest BCUT2D eigenvalue weighted by molar-refractivity contribution is 0.239. The molecule has 3 aromatic heterocycles. The van der Waals surface area contributed by atoms with Crippen molar-refractivity contribution in [3.05, 3.63) is 102 Å². The summed E-state index contributed by atoms with van der Waals surface area (Å²) in [5.74, 6) is 0. The first kappa shape index (κ1) is 16.4. The SMILES string of the molecule is c1ccc(CN(Cc2ccccn2)Cc2cc3ccccc3cn2)nc1. The van der Waals surface area contributed by atoms with Gasteiger partial charge in [0.1, 0.15) is 0 Å². The van der Waals surface area contributed by atoms with E-state index in [1.165, 1.54) is 5.39 Å². The average Bonchev–Trinajstić information content (AvgIpc) is 2.69. The quantitative estimate of drug-likeness (QED) is 0.527. The molecule has 0 saturated heterocycles. The van der Waals surface area contributed by atoms with E-state index in [0.29, 0.717) is 0 Å². The number of benzene rings is 1. The molecule has 0 amide bonds. The van der Waals surface area contributed by atoms with Gasteiger partial charge in [-0.25, -0.2) is 0 Å². The fourth-order valence-electron chi connectivity index (χ4n) is 3.05. The monoisotopic (exact) mass is 340 g/mol. The standard InChI is InChI=1S/C22H20N4/c1-2-8-19-14-25-22(13-18(19)7-1)17-26(15-20-9-3-5-11-23-20)16-21-10-4-6-12-24-21/h1-14H,15-17H2. The Kier molecular flexibility index (Phi) is 4.94.